The van der Waals surface area contributed by atoms with Gasteiger partial charge in [-0.15, -0.1) is 0 Å². The first kappa shape index (κ1) is 9.79. The summed E-state index contributed by atoms with van der Waals surface area (Å²) in [6.45, 7) is 4.01. The van der Waals surface area contributed by atoms with Crippen LogP contribution >= 0.6 is 0 Å². The van der Waals surface area contributed by atoms with Gasteiger partial charge < -0.3 is 5.11 Å². The predicted molar refractivity (Wildman–Crippen MR) is 52.0 cm³/mol. The van der Waals surface area contributed by atoms with Gasteiger partial charge >= 0.3 is 0 Å². The Balaban J connectivity index is 2.48. The van der Waals surface area contributed by atoms with Crippen LogP contribution in [0.5, 0.6) is 0 Å². The molecule has 1 aliphatic carbocycles. The molecule has 1 N–H and O–H groups in total. The molecule has 12 heavy (non-hydrogen) atoms. The minimum atomic E-state index is -0.136. The average Bonchev–Trinajstić information content (AvgIpc) is 2.04. The lowest BCUT2D eigenvalue weighted by atomic mass is 9.81. The third-order valence-electron chi connectivity index (χ3n) is 2.79. The van der Waals surface area contributed by atoms with Gasteiger partial charge in [0, 0.05) is 0 Å². The Kier molecular flexibility index (Phi) is 3.80. The molecule has 1 aliphatic rings. The molecule has 1 heteroatoms. The molecule has 0 unspecified atom stereocenters. The lowest BCUT2D eigenvalue weighted by Gasteiger charge is -2.26. The standard InChI is InChI=1S/C11H20O/c1-3-10-6-4-5-7-11(10)8-9(2)12/h3,9,11-12H,4-8H2,1-2H3/b10-3+/t9-,11+/m0/s1. The van der Waals surface area contributed by atoms with E-state index in [0.29, 0.717) is 5.92 Å². The Hall–Kier alpha value is -0.300. The zero-order chi connectivity index (χ0) is 8.97. The molecular formula is C11H20O. The molecule has 0 spiro atoms. The molecule has 2 atom stereocenters. The zero-order valence-corrected chi connectivity index (χ0v) is 8.21. The summed E-state index contributed by atoms with van der Waals surface area (Å²) in [5, 5.41) is 9.29. The number of hydrogen-bond donors (Lipinski definition) is 1. The molecule has 0 aliphatic heterocycles. The normalized spacial score (nSPS) is 30.6. The number of hydrogen-bond acceptors (Lipinski definition) is 1. The van der Waals surface area contributed by atoms with Crippen molar-refractivity contribution in [2.75, 3.05) is 0 Å². The van der Waals surface area contributed by atoms with Crippen LogP contribution in [0.15, 0.2) is 11.6 Å². The van der Waals surface area contributed by atoms with Crippen molar-refractivity contribution in [2.24, 2.45) is 5.92 Å². The average molecular weight is 168 g/mol. The Labute approximate surface area is 75.5 Å². The number of allylic oxidation sites excluding steroid dienone is 2. The van der Waals surface area contributed by atoms with Crippen LogP contribution in [0.3, 0.4) is 0 Å². The highest BCUT2D eigenvalue weighted by Crippen LogP contribution is 2.32. The van der Waals surface area contributed by atoms with E-state index in [0.717, 1.165) is 6.42 Å². The van der Waals surface area contributed by atoms with E-state index >= 15 is 0 Å². The van der Waals surface area contributed by atoms with Crippen LogP contribution in [0.25, 0.3) is 0 Å². The third kappa shape index (κ3) is 2.63. The Morgan fingerprint density at radius 3 is 2.92 bits per heavy atom. The first-order valence-electron chi connectivity index (χ1n) is 5.07. The molecule has 0 aromatic heterocycles. The molecular weight excluding hydrogens is 148 g/mol. The van der Waals surface area contributed by atoms with E-state index in [2.05, 4.69) is 13.0 Å². The van der Waals surface area contributed by atoms with Crippen LogP contribution in [0.1, 0.15) is 46.0 Å². The minimum Gasteiger partial charge on any atom is -0.393 e. The van der Waals surface area contributed by atoms with Crippen LogP contribution in [0.2, 0.25) is 0 Å². The maximum Gasteiger partial charge on any atom is 0.0517 e. The highest BCUT2D eigenvalue weighted by Gasteiger charge is 2.19. The molecule has 0 amide bonds. The van der Waals surface area contributed by atoms with Gasteiger partial charge in [0.25, 0.3) is 0 Å². The van der Waals surface area contributed by atoms with Gasteiger partial charge in [-0.1, -0.05) is 18.1 Å². The maximum atomic E-state index is 9.29. The minimum absolute atomic E-state index is 0.136. The molecule has 0 heterocycles. The van der Waals surface area contributed by atoms with E-state index in [1.165, 1.54) is 25.7 Å². The lowest BCUT2D eigenvalue weighted by molar-refractivity contribution is 0.160. The molecule has 1 nitrogen and oxygen atoms in total. The Morgan fingerprint density at radius 2 is 2.33 bits per heavy atom. The SMILES string of the molecule is C/C=C1\CCCC[C@@H]1C[C@H](C)O. The quantitative estimate of drug-likeness (QED) is 0.629. The summed E-state index contributed by atoms with van der Waals surface area (Å²) in [6.07, 6.45) is 8.29. The first-order valence-corrected chi connectivity index (χ1v) is 5.07. The molecule has 70 valence electrons. The van der Waals surface area contributed by atoms with E-state index in [9.17, 15) is 5.11 Å². The summed E-state index contributed by atoms with van der Waals surface area (Å²) in [5.41, 5.74) is 1.57. The summed E-state index contributed by atoms with van der Waals surface area (Å²) in [6, 6.07) is 0. The van der Waals surface area contributed by atoms with Crippen molar-refractivity contribution in [3.05, 3.63) is 11.6 Å². The van der Waals surface area contributed by atoms with Crippen LogP contribution in [0, 0.1) is 5.92 Å². The number of aliphatic hydroxyl groups is 1. The summed E-state index contributed by atoms with van der Waals surface area (Å²) < 4.78 is 0. The molecule has 0 bridgehead atoms. The van der Waals surface area contributed by atoms with Crippen molar-refractivity contribution in [2.45, 2.75) is 52.1 Å². The van der Waals surface area contributed by atoms with Crippen molar-refractivity contribution >= 4 is 0 Å². The van der Waals surface area contributed by atoms with Crippen molar-refractivity contribution in [1.29, 1.82) is 0 Å². The van der Waals surface area contributed by atoms with Gasteiger partial charge in [-0.25, -0.2) is 0 Å². The number of aliphatic hydroxyl groups excluding tert-OH is 1. The zero-order valence-electron chi connectivity index (χ0n) is 8.21. The van der Waals surface area contributed by atoms with Crippen LogP contribution in [-0.2, 0) is 0 Å². The monoisotopic (exact) mass is 168 g/mol. The third-order valence-corrected chi connectivity index (χ3v) is 2.79. The lowest BCUT2D eigenvalue weighted by Crippen LogP contribution is -2.15. The van der Waals surface area contributed by atoms with Gasteiger partial charge in [-0.3, -0.25) is 0 Å². The smallest absolute Gasteiger partial charge is 0.0517 e. The number of rotatable bonds is 2. The van der Waals surface area contributed by atoms with Gasteiger partial charge in [0.05, 0.1) is 6.10 Å². The largest absolute Gasteiger partial charge is 0.393 e. The Morgan fingerprint density at radius 1 is 1.58 bits per heavy atom. The summed E-state index contributed by atoms with van der Waals surface area (Å²) in [7, 11) is 0. The molecule has 1 fully saturated rings. The second-order valence-corrected chi connectivity index (χ2v) is 3.89. The molecule has 0 aromatic carbocycles. The fraction of sp³-hybridized carbons (Fsp3) is 0.818. The van der Waals surface area contributed by atoms with Crippen LogP contribution < -0.4 is 0 Å². The summed E-state index contributed by atoms with van der Waals surface area (Å²) in [5.74, 6) is 0.670. The van der Waals surface area contributed by atoms with Gasteiger partial charge in [-0.2, -0.15) is 0 Å². The Bertz CT molecular complexity index is 158. The van der Waals surface area contributed by atoms with Gasteiger partial charge in [0.2, 0.25) is 0 Å². The molecule has 0 radical (unpaired) electrons. The predicted octanol–water partition coefficient (Wildman–Crippen LogP) is 2.89. The maximum absolute atomic E-state index is 9.29. The fourth-order valence-corrected chi connectivity index (χ4v) is 2.17. The fourth-order valence-electron chi connectivity index (χ4n) is 2.17. The van der Waals surface area contributed by atoms with E-state index in [1.807, 2.05) is 6.92 Å². The van der Waals surface area contributed by atoms with Crippen molar-refractivity contribution < 1.29 is 5.11 Å². The summed E-state index contributed by atoms with van der Waals surface area (Å²) in [4.78, 5) is 0. The molecule has 1 rings (SSSR count). The second kappa shape index (κ2) is 4.66. The van der Waals surface area contributed by atoms with Crippen molar-refractivity contribution in [3.8, 4) is 0 Å². The summed E-state index contributed by atoms with van der Waals surface area (Å²) >= 11 is 0. The van der Waals surface area contributed by atoms with Gasteiger partial charge in [0.1, 0.15) is 0 Å². The van der Waals surface area contributed by atoms with Crippen LogP contribution in [0.4, 0.5) is 0 Å². The first-order chi connectivity index (χ1) is 5.74. The van der Waals surface area contributed by atoms with Crippen molar-refractivity contribution in [3.63, 3.8) is 0 Å². The van der Waals surface area contributed by atoms with E-state index < -0.39 is 0 Å². The van der Waals surface area contributed by atoms with Crippen molar-refractivity contribution in [1.82, 2.24) is 0 Å². The molecule has 1 saturated carbocycles. The van der Waals surface area contributed by atoms with E-state index in [4.69, 9.17) is 0 Å². The highest BCUT2D eigenvalue weighted by atomic mass is 16.3. The van der Waals surface area contributed by atoms with Gasteiger partial charge in [0.15, 0.2) is 0 Å². The topological polar surface area (TPSA) is 20.2 Å². The van der Waals surface area contributed by atoms with E-state index in [1.54, 1.807) is 5.57 Å². The van der Waals surface area contributed by atoms with E-state index in [-0.39, 0.29) is 6.10 Å². The second-order valence-electron chi connectivity index (χ2n) is 3.89. The molecule has 0 aromatic rings. The molecule has 0 saturated heterocycles. The highest BCUT2D eigenvalue weighted by molar-refractivity contribution is 5.08. The van der Waals surface area contributed by atoms with Gasteiger partial charge in [-0.05, 0) is 45.4 Å². The van der Waals surface area contributed by atoms with Crippen LogP contribution in [-0.4, -0.2) is 11.2 Å².